The van der Waals surface area contributed by atoms with E-state index in [2.05, 4.69) is 5.32 Å². The number of rotatable bonds is 9. The smallest absolute Gasteiger partial charge is 0.338 e. The molecule has 0 fully saturated rings. The van der Waals surface area contributed by atoms with E-state index in [1.165, 1.54) is 23.9 Å². The molecule has 0 aliphatic carbocycles. The molecule has 2 aliphatic heterocycles. The first-order valence-corrected chi connectivity index (χ1v) is 14.2. The van der Waals surface area contributed by atoms with E-state index in [1.807, 2.05) is 64.9 Å². The van der Waals surface area contributed by atoms with Crippen LogP contribution in [0.4, 0.5) is 4.39 Å². The number of halogens is 1. The average molecular weight is 572 g/mol. The largest absolute Gasteiger partial charge is 0.459 e. The average Bonchev–Trinajstić information content (AvgIpc) is 3.33. The molecule has 0 radical (unpaired) electrons. The maximum absolute atomic E-state index is 13.4. The number of para-hydroxylation sites is 1. The standard InChI is InChI=1S/C32H30FN3O4S/c1-20(2)39-31(38)29-21(3)35-32-36(25(19-41-32)17-28(37)34-18-22-12-14-24(33)15-13-22)30(29)23-8-7-11-27(16-23)40-26-9-5-4-6-10-26/h4-16,19-20,30H,17-18H2,1-3H3,(H,34,37). The Hall–Kier alpha value is -4.37. The first kappa shape index (κ1) is 28.2. The zero-order valence-electron chi connectivity index (χ0n) is 23.0. The van der Waals surface area contributed by atoms with Gasteiger partial charge in [-0.15, -0.1) is 0 Å². The molecule has 1 atom stereocenters. The van der Waals surface area contributed by atoms with Gasteiger partial charge in [-0.25, -0.2) is 14.2 Å². The Morgan fingerprint density at radius 1 is 1.02 bits per heavy atom. The molecular weight excluding hydrogens is 541 g/mol. The Balaban J connectivity index is 1.44. The summed E-state index contributed by atoms with van der Waals surface area (Å²) in [4.78, 5) is 33.1. The molecule has 41 heavy (non-hydrogen) atoms. The molecule has 1 N–H and O–H groups in total. The summed E-state index contributed by atoms with van der Waals surface area (Å²) in [5.74, 6) is 0.305. The van der Waals surface area contributed by atoms with E-state index in [0.29, 0.717) is 33.6 Å². The molecule has 1 unspecified atom stereocenters. The molecule has 3 aromatic carbocycles. The molecule has 0 saturated heterocycles. The minimum atomic E-state index is -0.584. The van der Waals surface area contributed by atoms with Gasteiger partial charge in [0.15, 0.2) is 5.17 Å². The highest BCUT2D eigenvalue weighted by Crippen LogP contribution is 2.45. The van der Waals surface area contributed by atoms with E-state index in [-0.39, 0.29) is 30.8 Å². The lowest BCUT2D eigenvalue weighted by molar-refractivity contribution is -0.143. The Morgan fingerprint density at radius 2 is 1.76 bits per heavy atom. The number of allylic oxidation sites excluding steroid dienone is 1. The molecule has 3 aromatic rings. The van der Waals surface area contributed by atoms with Gasteiger partial charge >= 0.3 is 5.97 Å². The fourth-order valence-corrected chi connectivity index (χ4v) is 5.59. The van der Waals surface area contributed by atoms with E-state index in [4.69, 9.17) is 14.5 Å². The first-order valence-electron chi connectivity index (χ1n) is 13.3. The number of thioether (sulfide) groups is 1. The zero-order chi connectivity index (χ0) is 28.9. The summed E-state index contributed by atoms with van der Waals surface area (Å²) in [6, 6.07) is 22.4. The number of carbonyl (C=O) groups is 2. The van der Waals surface area contributed by atoms with Crippen molar-refractivity contribution in [2.75, 3.05) is 0 Å². The number of ether oxygens (including phenoxy) is 2. The number of nitrogens with zero attached hydrogens (tertiary/aromatic N) is 2. The topological polar surface area (TPSA) is 80.2 Å². The van der Waals surface area contributed by atoms with E-state index in [0.717, 1.165) is 11.1 Å². The molecule has 0 bridgehead atoms. The van der Waals surface area contributed by atoms with E-state index in [9.17, 15) is 14.0 Å². The van der Waals surface area contributed by atoms with Crippen LogP contribution in [0.3, 0.4) is 0 Å². The number of hydrogen-bond acceptors (Lipinski definition) is 7. The number of esters is 1. The molecule has 210 valence electrons. The second-order valence-corrected chi connectivity index (χ2v) is 10.8. The lowest BCUT2D eigenvalue weighted by atomic mass is 9.93. The van der Waals surface area contributed by atoms with Crippen molar-refractivity contribution in [2.24, 2.45) is 4.99 Å². The van der Waals surface area contributed by atoms with Crippen molar-refractivity contribution in [3.8, 4) is 11.5 Å². The van der Waals surface area contributed by atoms with E-state index < -0.39 is 12.0 Å². The van der Waals surface area contributed by atoms with Gasteiger partial charge in [-0.3, -0.25) is 4.79 Å². The maximum atomic E-state index is 13.4. The molecule has 9 heteroatoms. The number of carbonyl (C=O) groups excluding carboxylic acids is 2. The molecule has 0 aromatic heterocycles. The van der Waals surface area contributed by atoms with Gasteiger partial charge in [-0.1, -0.05) is 54.2 Å². The predicted molar refractivity (Wildman–Crippen MR) is 157 cm³/mol. The van der Waals surface area contributed by atoms with Gasteiger partial charge in [0.2, 0.25) is 5.91 Å². The Bertz CT molecular complexity index is 1530. The fraction of sp³-hybridized carbons (Fsp3) is 0.219. The normalized spacial score (nSPS) is 16.2. The van der Waals surface area contributed by atoms with E-state index in [1.54, 1.807) is 32.9 Å². The Kier molecular flexibility index (Phi) is 8.54. The Labute approximate surface area is 242 Å². The van der Waals surface area contributed by atoms with Crippen LogP contribution in [0, 0.1) is 5.82 Å². The third kappa shape index (κ3) is 6.69. The van der Waals surface area contributed by atoms with Crippen LogP contribution < -0.4 is 10.1 Å². The van der Waals surface area contributed by atoms with Crippen LogP contribution in [-0.2, 0) is 20.9 Å². The van der Waals surface area contributed by atoms with Crippen molar-refractivity contribution in [1.29, 1.82) is 0 Å². The van der Waals surface area contributed by atoms with Gasteiger partial charge < -0.3 is 19.7 Å². The van der Waals surface area contributed by atoms with Crippen molar-refractivity contribution in [2.45, 2.75) is 45.9 Å². The predicted octanol–water partition coefficient (Wildman–Crippen LogP) is 6.85. The lowest BCUT2D eigenvalue weighted by Gasteiger charge is -2.36. The summed E-state index contributed by atoms with van der Waals surface area (Å²) in [5.41, 5.74) is 3.25. The highest BCUT2D eigenvalue weighted by Gasteiger charge is 2.41. The summed E-state index contributed by atoms with van der Waals surface area (Å²) in [7, 11) is 0. The van der Waals surface area contributed by atoms with E-state index >= 15 is 0 Å². The van der Waals surface area contributed by atoms with Crippen LogP contribution in [0.1, 0.15) is 44.4 Å². The van der Waals surface area contributed by atoms with Crippen LogP contribution in [0.15, 0.2) is 106 Å². The second-order valence-electron chi connectivity index (χ2n) is 9.91. The number of fused-ring (bicyclic) bond motifs is 1. The molecule has 0 saturated carbocycles. The highest BCUT2D eigenvalue weighted by molar-refractivity contribution is 8.16. The third-order valence-electron chi connectivity index (χ3n) is 6.46. The number of amides is 1. The monoisotopic (exact) mass is 571 g/mol. The van der Waals surface area contributed by atoms with Crippen LogP contribution in [0.25, 0.3) is 0 Å². The fourth-order valence-electron chi connectivity index (χ4n) is 4.63. The number of hydrogen-bond donors (Lipinski definition) is 1. The van der Waals surface area contributed by atoms with Crippen LogP contribution in [-0.4, -0.2) is 28.0 Å². The highest BCUT2D eigenvalue weighted by atomic mass is 32.2. The summed E-state index contributed by atoms with van der Waals surface area (Å²) in [6.45, 7) is 5.68. The van der Waals surface area contributed by atoms with Gasteiger partial charge in [0.05, 0.1) is 29.8 Å². The van der Waals surface area contributed by atoms with Crippen molar-refractivity contribution in [1.82, 2.24) is 10.2 Å². The number of nitrogens with one attached hydrogen (secondary N) is 1. The van der Waals surface area contributed by atoms with Crippen molar-refractivity contribution in [3.63, 3.8) is 0 Å². The van der Waals surface area contributed by atoms with Crippen LogP contribution in [0.5, 0.6) is 11.5 Å². The summed E-state index contributed by atoms with van der Waals surface area (Å²) >= 11 is 1.40. The summed E-state index contributed by atoms with van der Waals surface area (Å²) < 4.78 is 25.0. The van der Waals surface area contributed by atoms with Gasteiger partial charge in [-0.2, -0.15) is 0 Å². The molecule has 1 amide bonds. The van der Waals surface area contributed by atoms with Crippen LogP contribution >= 0.6 is 11.8 Å². The van der Waals surface area contributed by atoms with Crippen LogP contribution in [0.2, 0.25) is 0 Å². The number of amidine groups is 1. The number of benzene rings is 3. The van der Waals surface area contributed by atoms with Gasteiger partial charge in [0.1, 0.15) is 17.3 Å². The van der Waals surface area contributed by atoms with Crippen molar-refractivity contribution in [3.05, 3.63) is 118 Å². The van der Waals surface area contributed by atoms with Gasteiger partial charge in [0, 0.05) is 12.2 Å². The summed E-state index contributed by atoms with van der Waals surface area (Å²) in [6.07, 6.45) is -0.253. The molecule has 0 spiro atoms. The summed E-state index contributed by atoms with van der Waals surface area (Å²) in [5, 5.41) is 5.46. The maximum Gasteiger partial charge on any atom is 0.338 e. The quantitative estimate of drug-likeness (QED) is 0.283. The minimum Gasteiger partial charge on any atom is -0.459 e. The second kappa shape index (κ2) is 12.4. The number of aliphatic imine (C=N–C) groups is 1. The van der Waals surface area contributed by atoms with Gasteiger partial charge in [0.25, 0.3) is 0 Å². The third-order valence-corrected chi connectivity index (χ3v) is 7.35. The van der Waals surface area contributed by atoms with Crippen molar-refractivity contribution < 1.29 is 23.5 Å². The molecule has 2 heterocycles. The first-order chi connectivity index (χ1) is 19.8. The Morgan fingerprint density at radius 3 is 2.49 bits per heavy atom. The molecule has 5 rings (SSSR count). The molecule has 7 nitrogen and oxygen atoms in total. The lowest BCUT2D eigenvalue weighted by Crippen LogP contribution is -2.38. The van der Waals surface area contributed by atoms with Crippen molar-refractivity contribution >= 4 is 28.8 Å². The SMILES string of the molecule is CC1=C(C(=O)OC(C)C)C(c2cccc(Oc3ccccc3)c2)N2C(CC(=O)NCc3ccc(F)cc3)=CSC2=N1. The molecular formula is C32H30FN3O4S. The van der Waals surface area contributed by atoms with Gasteiger partial charge in [-0.05, 0) is 73.7 Å². The minimum absolute atomic E-state index is 0.0650. The molecule has 2 aliphatic rings. The zero-order valence-corrected chi connectivity index (χ0v) is 23.8.